The van der Waals surface area contributed by atoms with Crippen molar-refractivity contribution in [1.29, 1.82) is 0 Å². The maximum atomic E-state index is 10.8. The van der Waals surface area contributed by atoms with Gasteiger partial charge < -0.3 is 10.1 Å². The Kier molecular flexibility index (Phi) is 3.28. The summed E-state index contributed by atoms with van der Waals surface area (Å²) in [5.41, 5.74) is 3.32. The summed E-state index contributed by atoms with van der Waals surface area (Å²) in [6.45, 7) is 1.99. The van der Waals surface area contributed by atoms with Gasteiger partial charge in [-0.3, -0.25) is 4.79 Å². The topological polar surface area (TPSA) is 66.0 Å². The smallest absolute Gasteiger partial charge is 0.309 e. The first-order chi connectivity index (χ1) is 8.06. The molecular weight excluding hydrogens is 284 g/mol. The van der Waals surface area contributed by atoms with Gasteiger partial charge >= 0.3 is 5.97 Å². The molecule has 2 N–H and O–H groups in total. The normalized spacial score (nSPS) is 10.5. The van der Waals surface area contributed by atoms with Crippen LogP contribution in [-0.2, 0) is 11.2 Å². The molecule has 0 saturated carbocycles. The van der Waals surface area contributed by atoms with E-state index in [0.717, 1.165) is 11.1 Å². The van der Waals surface area contributed by atoms with Gasteiger partial charge in [0.05, 0.1) is 17.8 Å². The number of rotatable bonds is 3. The largest absolute Gasteiger partial charge is 0.481 e. The fourth-order valence-corrected chi connectivity index (χ4v) is 2.10. The summed E-state index contributed by atoms with van der Waals surface area (Å²) >= 11 is 3.23. The molecule has 5 heteroatoms. The van der Waals surface area contributed by atoms with Crippen molar-refractivity contribution in [2.24, 2.45) is 0 Å². The van der Waals surface area contributed by atoms with Crippen molar-refractivity contribution in [2.75, 3.05) is 0 Å². The Morgan fingerprint density at radius 2 is 2.29 bits per heavy atom. The van der Waals surface area contributed by atoms with Gasteiger partial charge in [-0.2, -0.15) is 0 Å². The monoisotopic (exact) mass is 294 g/mol. The molecule has 2 aromatic rings. The van der Waals surface area contributed by atoms with Crippen LogP contribution in [0.5, 0.6) is 0 Å². The third-order valence-electron chi connectivity index (χ3n) is 2.37. The van der Waals surface area contributed by atoms with Crippen molar-refractivity contribution in [1.82, 2.24) is 9.97 Å². The van der Waals surface area contributed by atoms with Crippen LogP contribution in [0.4, 0.5) is 0 Å². The van der Waals surface area contributed by atoms with Crippen LogP contribution < -0.4 is 0 Å². The number of carboxylic acids is 1. The number of benzene rings is 1. The van der Waals surface area contributed by atoms with Crippen LogP contribution in [0.2, 0.25) is 0 Å². The van der Waals surface area contributed by atoms with Gasteiger partial charge in [-0.05, 0) is 28.9 Å². The van der Waals surface area contributed by atoms with Crippen LogP contribution in [0.15, 0.2) is 29.0 Å². The van der Waals surface area contributed by atoms with Gasteiger partial charge in [0.2, 0.25) is 0 Å². The number of nitrogens with zero attached hydrogens (tertiary/aromatic N) is 1. The third-order valence-corrected chi connectivity index (χ3v) is 2.74. The number of nitrogens with one attached hydrogen (secondary N) is 1. The second-order valence-electron chi connectivity index (χ2n) is 3.79. The molecule has 0 unspecified atom stereocenters. The molecule has 0 atom stereocenters. The predicted octanol–water partition coefficient (Wildman–Crippen LogP) is 2.77. The number of H-pyrrole nitrogens is 1. The van der Waals surface area contributed by atoms with Gasteiger partial charge in [-0.25, -0.2) is 4.98 Å². The Labute approximate surface area is 107 Å². The Hall–Kier alpha value is -1.62. The summed E-state index contributed by atoms with van der Waals surface area (Å²) in [6.07, 6.45) is -0.0676. The van der Waals surface area contributed by atoms with Crippen molar-refractivity contribution < 1.29 is 9.90 Å². The number of aromatic amines is 1. The maximum absolute atomic E-state index is 10.8. The van der Waals surface area contributed by atoms with Crippen molar-refractivity contribution in [3.63, 3.8) is 0 Å². The molecule has 1 aromatic carbocycles. The molecule has 0 radical (unpaired) electrons. The molecule has 0 saturated heterocycles. The standard InChI is InChI=1S/C12H11BrN2O2/c1-7-3-2-4-8(5-7)11-9(6-10(16)17)14-12(13)15-11/h2-5H,6H2,1H3,(H,14,15)(H,16,17). The number of aliphatic carboxylic acids is 1. The summed E-state index contributed by atoms with van der Waals surface area (Å²) in [6, 6.07) is 7.81. The molecule has 0 aliphatic rings. The van der Waals surface area contributed by atoms with Crippen molar-refractivity contribution in [3.8, 4) is 11.3 Å². The molecule has 1 heterocycles. The minimum absolute atomic E-state index is 0.0676. The number of carbonyl (C=O) groups is 1. The van der Waals surface area contributed by atoms with Gasteiger partial charge in [-0.1, -0.05) is 23.8 Å². The van der Waals surface area contributed by atoms with E-state index in [9.17, 15) is 4.79 Å². The first-order valence-corrected chi connectivity index (χ1v) is 5.89. The number of carboxylic acid groups (broad SMARTS) is 1. The van der Waals surface area contributed by atoms with Gasteiger partial charge in [0.15, 0.2) is 4.73 Å². The van der Waals surface area contributed by atoms with Gasteiger partial charge in [0.1, 0.15) is 0 Å². The summed E-state index contributed by atoms with van der Waals surface area (Å²) in [4.78, 5) is 18.0. The Bertz CT molecular complexity index is 563. The number of halogens is 1. The molecule has 0 bridgehead atoms. The molecule has 0 aliphatic heterocycles. The first-order valence-electron chi connectivity index (χ1n) is 5.09. The van der Waals surface area contributed by atoms with E-state index in [1.165, 1.54) is 0 Å². The molecule has 0 spiro atoms. The Morgan fingerprint density at radius 3 is 2.94 bits per heavy atom. The summed E-state index contributed by atoms with van der Waals surface area (Å²) in [5.74, 6) is -0.880. The molecule has 17 heavy (non-hydrogen) atoms. The maximum Gasteiger partial charge on any atom is 0.309 e. The van der Waals surface area contributed by atoms with Crippen LogP contribution in [0, 0.1) is 6.92 Å². The van der Waals surface area contributed by atoms with Crippen molar-refractivity contribution >= 4 is 21.9 Å². The molecular formula is C12H11BrN2O2. The van der Waals surface area contributed by atoms with Crippen LogP contribution in [0.3, 0.4) is 0 Å². The van der Waals surface area contributed by atoms with E-state index >= 15 is 0 Å². The minimum Gasteiger partial charge on any atom is -0.481 e. The molecule has 4 nitrogen and oxygen atoms in total. The second kappa shape index (κ2) is 4.71. The second-order valence-corrected chi connectivity index (χ2v) is 4.55. The van der Waals surface area contributed by atoms with E-state index in [-0.39, 0.29) is 6.42 Å². The van der Waals surface area contributed by atoms with Gasteiger partial charge in [-0.15, -0.1) is 0 Å². The highest BCUT2D eigenvalue weighted by Gasteiger charge is 2.13. The number of aromatic nitrogens is 2. The van der Waals surface area contributed by atoms with Crippen LogP contribution >= 0.6 is 15.9 Å². The van der Waals surface area contributed by atoms with Crippen LogP contribution in [0.25, 0.3) is 11.3 Å². The van der Waals surface area contributed by atoms with E-state index in [2.05, 4.69) is 25.9 Å². The Morgan fingerprint density at radius 1 is 1.53 bits per heavy atom. The molecule has 0 amide bonds. The fraction of sp³-hybridized carbons (Fsp3) is 0.167. The summed E-state index contributed by atoms with van der Waals surface area (Å²) < 4.78 is 0.547. The highest BCUT2D eigenvalue weighted by Crippen LogP contribution is 2.24. The van der Waals surface area contributed by atoms with Crippen LogP contribution in [-0.4, -0.2) is 21.0 Å². The van der Waals surface area contributed by atoms with Crippen LogP contribution in [0.1, 0.15) is 11.3 Å². The Balaban J connectivity index is 2.47. The van der Waals surface area contributed by atoms with E-state index in [1.807, 2.05) is 31.2 Å². The average molecular weight is 295 g/mol. The lowest BCUT2D eigenvalue weighted by atomic mass is 10.1. The average Bonchev–Trinajstić information content (AvgIpc) is 2.58. The third kappa shape index (κ3) is 2.74. The SMILES string of the molecule is Cc1cccc(-c2nc(Br)[nH]c2CC(=O)O)c1. The fourth-order valence-electron chi connectivity index (χ4n) is 1.69. The lowest BCUT2D eigenvalue weighted by Crippen LogP contribution is -2.01. The molecule has 0 aliphatic carbocycles. The van der Waals surface area contributed by atoms with Crippen molar-refractivity contribution in [3.05, 3.63) is 40.3 Å². The number of hydrogen-bond acceptors (Lipinski definition) is 2. The first kappa shape index (κ1) is 11.9. The summed E-state index contributed by atoms with van der Waals surface area (Å²) in [7, 11) is 0. The number of hydrogen-bond donors (Lipinski definition) is 2. The zero-order chi connectivity index (χ0) is 12.4. The van der Waals surface area contributed by atoms with E-state index < -0.39 is 5.97 Å². The molecule has 0 fully saturated rings. The van der Waals surface area contributed by atoms with E-state index in [0.29, 0.717) is 16.1 Å². The molecule has 2 rings (SSSR count). The van der Waals surface area contributed by atoms with E-state index in [1.54, 1.807) is 0 Å². The zero-order valence-corrected chi connectivity index (χ0v) is 10.8. The van der Waals surface area contributed by atoms with E-state index in [4.69, 9.17) is 5.11 Å². The lowest BCUT2D eigenvalue weighted by Gasteiger charge is -2.01. The number of aryl methyl sites for hydroxylation is 1. The minimum atomic E-state index is -0.880. The molecule has 1 aromatic heterocycles. The van der Waals surface area contributed by atoms with Crippen molar-refractivity contribution in [2.45, 2.75) is 13.3 Å². The predicted molar refractivity (Wildman–Crippen MR) is 67.8 cm³/mol. The zero-order valence-electron chi connectivity index (χ0n) is 9.20. The highest BCUT2D eigenvalue weighted by molar-refractivity contribution is 9.10. The van der Waals surface area contributed by atoms with Gasteiger partial charge in [0.25, 0.3) is 0 Å². The lowest BCUT2D eigenvalue weighted by molar-refractivity contribution is -0.136. The quantitative estimate of drug-likeness (QED) is 0.915. The van der Waals surface area contributed by atoms with Gasteiger partial charge in [0, 0.05) is 5.56 Å². The summed E-state index contributed by atoms with van der Waals surface area (Å²) in [5, 5.41) is 8.84. The molecule has 88 valence electrons. The number of imidazole rings is 1. The highest BCUT2D eigenvalue weighted by atomic mass is 79.9.